The summed E-state index contributed by atoms with van der Waals surface area (Å²) in [5, 5.41) is 7.42. The number of aryl methyl sites for hydroxylation is 1. The van der Waals surface area contributed by atoms with Crippen molar-refractivity contribution in [3.63, 3.8) is 0 Å². The highest BCUT2D eigenvalue weighted by Gasteiger charge is 2.19. The third kappa shape index (κ3) is 2.35. The molecule has 4 nitrogen and oxygen atoms in total. The first kappa shape index (κ1) is 11.8. The maximum absolute atomic E-state index is 7.42. The van der Waals surface area contributed by atoms with E-state index in [1.54, 1.807) is 0 Å². The van der Waals surface area contributed by atoms with Gasteiger partial charge in [0, 0.05) is 31.9 Å². The molecule has 0 aromatic heterocycles. The lowest BCUT2D eigenvalue weighted by Crippen LogP contribution is -2.51. The highest BCUT2D eigenvalue weighted by Crippen LogP contribution is 2.23. The first-order valence-electron chi connectivity index (χ1n) is 5.99. The van der Waals surface area contributed by atoms with Gasteiger partial charge in [0.25, 0.3) is 0 Å². The molecule has 1 aromatic rings. The van der Waals surface area contributed by atoms with Crippen LogP contribution in [0, 0.1) is 19.3 Å². The van der Waals surface area contributed by atoms with Crippen molar-refractivity contribution in [2.24, 2.45) is 5.73 Å². The lowest BCUT2D eigenvalue weighted by Gasteiger charge is -2.37. The van der Waals surface area contributed by atoms with Gasteiger partial charge >= 0.3 is 0 Å². The molecule has 17 heavy (non-hydrogen) atoms. The van der Waals surface area contributed by atoms with E-state index in [9.17, 15) is 0 Å². The highest BCUT2D eigenvalue weighted by molar-refractivity contribution is 5.75. The zero-order valence-corrected chi connectivity index (χ0v) is 10.5. The lowest BCUT2D eigenvalue weighted by atomic mass is 10.1. The number of hydrogen-bond donors (Lipinski definition) is 2. The van der Waals surface area contributed by atoms with Gasteiger partial charge < -0.3 is 15.5 Å². The second kappa shape index (κ2) is 4.65. The van der Waals surface area contributed by atoms with Gasteiger partial charge in [-0.15, -0.1) is 0 Å². The zero-order valence-electron chi connectivity index (χ0n) is 10.5. The van der Waals surface area contributed by atoms with Crippen molar-refractivity contribution < 1.29 is 0 Å². The van der Waals surface area contributed by atoms with Gasteiger partial charge in [0.05, 0.1) is 0 Å². The molecule has 1 fully saturated rings. The SMILES string of the molecule is Cc1cccc(N2CCN(C(=N)N)CC2)c1C. The summed E-state index contributed by atoms with van der Waals surface area (Å²) >= 11 is 0. The molecule has 0 aliphatic carbocycles. The molecule has 1 aliphatic heterocycles. The Kier molecular flexibility index (Phi) is 3.22. The maximum atomic E-state index is 7.42. The molecule has 0 bridgehead atoms. The minimum atomic E-state index is 0.186. The molecule has 1 aromatic carbocycles. The number of benzene rings is 1. The van der Waals surface area contributed by atoms with Crippen LogP contribution in [-0.2, 0) is 0 Å². The van der Waals surface area contributed by atoms with Crippen molar-refractivity contribution >= 4 is 11.6 Å². The Morgan fingerprint density at radius 3 is 2.41 bits per heavy atom. The van der Waals surface area contributed by atoms with Crippen LogP contribution in [0.4, 0.5) is 5.69 Å². The minimum absolute atomic E-state index is 0.186. The van der Waals surface area contributed by atoms with Crippen molar-refractivity contribution in [3.8, 4) is 0 Å². The van der Waals surface area contributed by atoms with E-state index in [-0.39, 0.29) is 5.96 Å². The van der Waals surface area contributed by atoms with E-state index in [1.807, 2.05) is 4.90 Å². The molecule has 4 heteroatoms. The first-order chi connectivity index (χ1) is 8.09. The Hall–Kier alpha value is -1.71. The summed E-state index contributed by atoms with van der Waals surface area (Å²) in [5.74, 6) is 0.186. The largest absolute Gasteiger partial charge is 0.370 e. The molecule has 1 saturated heterocycles. The number of guanidine groups is 1. The molecule has 3 N–H and O–H groups in total. The predicted molar refractivity (Wildman–Crippen MR) is 71.6 cm³/mol. The molecule has 2 rings (SSSR count). The fourth-order valence-corrected chi connectivity index (χ4v) is 2.27. The van der Waals surface area contributed by atoms with Gasteiger partial charge in [-0.1, -0.05) is 12.1 Å². The fourth-order valence-electron chi connectivity index (χ4n) is 2.27. The van der Waals surface area contributed by atoms with E-state index in [1.165, 1.54) is 16.8 Å². The van der Waals surface area contributed by atoms with Gasteiger partial charge in [0.1, 0.15) is 0 Å². The van der Waals surface area contributed by atoms with E-state index < -0.39 is 0 Å². The maximum Gasteiger partial charge on any atom is 0.188 e. The van der Waals surface area contributed by atoms with Crippen LogP contribution in [0.5, 0.6) is 0 Å². The minimum Gasteiger partial charge on any atom is -0.370 e. The van der Waals surface area contributed by atoms with Crippen LogP contribution in [0.3, 0.4) is 0 Å². The Labute approximate surface area is 103 Å². The van der Waals surface area contributed by atoms with Crippen LogP contribution in [0.2, 0.25) is 0 Å². The number of piperazine rings is 1. The Balaban J connectivity index is 2.10. The standard InChI is InChI=1S/C13H20N4/c1-10-4-3-5-12(11(10)2)16-6-8-17(9-7-16)13(14)15/h3-5H,6-9H2,1-2H3,(H3,14,15). The molecule has 0 saturated carbocycles. The van der Waals surface area contributed by atoms with Gasteiger partial charge in [-0.05, 0) is 31.0 Å². The van der Waals surface area contributed by atoms with Crippen LogP contribution < -0.4 is 10.6 Å². The molecule has 0 spiro atoms. The van der Waals surface area contributed by atoms with E-state index in [0.717, 1.165) is 26.2 Å². The molecule has 0 radical (unpaired) electrons. The molecular weight excluding hydrogens is 212 g/mol. The van der Waals surface area contributed by atoms with Crippen molar-refractivity contribution in [2.75, 3.05) is 31.1 Å². The van der Waals surface area contributed by atoms with Crippen molar-refractivity contribution in [1.29, 1.82) is 5.41 Å². The highest BCUT2D eigenvalue weighted by atomic mass is 15.3. The Morgan fingerprint density at radius 2 is 1.82 bits per heavy atom. The molecular formula is C13H20N4. The number of anilines is 1. The molecule has 0 atom stereocenters. The second-order valence-electron chi connectivity index (χ2n) is 4.58. The van der Waals surface area contributed by atoms with Crippen LogP contribution >= 0.6 is 0 Å². The van der Waals surface area contributed by atoms with Gasteiger partial charge in [0.15, 0.2) is 5.96 Å². The topological polar surface area (TPSA) is 56.4 Å². The summed E-state index contributed by atoms with van der Waals surface area (Å²) in [6, 6.07) is 6.42. The first-order valence-corrected chi connectivity index (χ1v) is 5.99. The van der Waals surface area contributed by atoms with Crippen LogP contribution in [0.15, 0.2) is 18.2 Å². The third-order valence-electron chi connectivity index (χ3n) is 3.54. The normalized spacial score (nSPS) is 16.1. The monoisotopic (exact) mass is 232 g/mol. The average molecular weight is 232 g/mol. The van der Waals surface area contributed by atoms with Crippen LogP contribution in [0.25, 0.3) is 0 Å². The number of nitrogens with zero attached hydrogens (tertiary/aromatic N) is 2. The molecule has 92 valence electrons. The second-order valence-corrected chi connectivity index (χ2v) is 4.58. The number of nitrogens with two attached hydrogens (primary N) is 1. The van der Waals surface area contributed by atoms with Gasteiger partial charge in [0.2, 0.25) is 0 Å². The number of hydrogen-bond acceptors (Lipinski definition) is 2. The molecule has 0 amide bonds. The summed E-state index contributed by atoms with van der Waals surface area (Å²) in [4.78, 5) is 4.30. The fraction of sp³-hybridized carbons (Fsp3) is 0.462. The van der Waals surface area contributed by atoms with Gasteiger partial charge in [-0.2, -0.15) is 0 Å². The Morgan fingerprint density at radius 1 is 1.18 bits per heavy atom. The van der Waals surface area contributed by atoms with Crippen molar-refractivity contribution in [1.82, 2.24) is 4.90 Å². The summed E-state index contributed by atoms with van der Waals surface area (Å²) in [6.45, 7) is 7.85. The van der Waals surface area contributed by atoms with E-state index in [4.69, 9.17) is 11.1 Å². The summed E-state index contributed by atoms with van der Waals surface area (Å²) < 4.78 is 0. The van der Waals surface area contributed by atoms with Gasteiger partial charge in [-0.25, -0.2) is 0 Å². The van der Waals surface area contributed by atoms with E-state index in [0.29, 0.717) is 0 Å². The predicted octanol–water partition coefficient (Wildman–Crippen LogP) is 1.32. The van der Waals surface area contributed by atoms with Crippen molar-refractivity contribution in [2.45, 2.75) is 13.8 Å². The number of rotatable bonds is 1. The summed E-state index contributed by atoms with van der Waals surface area (Å²) in [7, 11) is 0. The quantitative estimate of drug-likeness (QED) is 0.567. The van der Waals surface area contributed by atoms with Gasteiger partial charge in [-0.3, -0.25) is 5.41 Å². The summed E-state index contributed by atoms with van der Waals surface area (Å²) in [5.41, 5.74) is 9.49. The Bertz CT molecular complexity index is 419. The molecule has 1 aliphatic rings. The van der Waals surface area contributed by atoms with E-state index in [2.05, 4.69) is 36.9 Å². The smallest absolute Gasteiger partial charge is 0.188 e. The number of nitrogens with one attached hydrogen (secondary N) is 1. The third-order valence-corrected chi connectivity index (χ3v) is 3.54. The molecule has 0 unspecified atom stereocenters. The van der Waals surface area contributed by atoms with Crippen LogP contribution in [0.1, 0.15) is 11.1 Å². The zero-order chi connectivity index (χ0) is 12.4. The van der Waals surface area contributed by atoms with E-state index >= 15 is 0 Å². The van der Waals surface area contributed by atoms with Crippen LogP contribution in [-0.4, -0.2) is 37.0 Å². The average Bonchev–Trinajstić information content (AvgIpc) is 2.33. The summed E-state index contributed by atoms with van der Waals surface area (Å²) in [6.07, 6.45) is 0. The van der Waals surface area contributed by atoms with Crippen molar-refractivity contribution in [3.05, 3.63) is 29.3 Å². The molecule has 1 heterocycles. The lowest BCUT2D eigenvalue weighted by molar-refractivity contribution is 0.380.